The Morgan fingerprint density at radius 3 is 3.00 bits per heavy atom. The Hall–Kier alpha value is -1.61. The van der Waals surface area contributed by atoms with E-state index < -0.39 is 0 Å². The van der Waals surface area contributed by atoms with Gasteiger partial charge in [0.1, 0.15) is 0 Å². The van der Waals surface area contributed by atoms with E-state index in [2.05, 4.69) is 22.4 Å². The Kier molecular flexibility index (Phi) is 3.59. The zero-order valence-corrected chi connectivity index (χ0v) is 10.6. The van der Waals surface area contributed by atoms with Gasteiger partial charge < -0.3 is 0 Å². The standard InChI is InChI=1S/C13H14ClN3/c1-3-9(2)16-17-12-6-7-15-13-8-10(14)4-5-11(12)13/h4-8H,3H2,1-2H3,(H,15,17)/b16-9-. The summed E-state index contributed by atoms with van der Waals surface area (Å²) in [6.07, 6.45) is 2.68. The third-order valence-corrected chi connectivity index (χ3v) is 2.82. The number of pyridine rings is 1. The molecule has 0 spiro atoms. The number of halogens is 1. The highest BCUT2D eigenvalue weighted by Gasteiger charge is 2.01. The van der Waals surface area contributed by atoms with Crippen LogP contribution in [0.1, 0.15) is 20.3 Å². The van der Waals surface area contributed by atoms with E-state index >= 15 is 0 Å². The number of hydrazone groups is 1. The van der Waals surface area contributed by atoms with Crippen LogP contribution in [0, 0.1) is 0 Å². The van der Waals surface area contributed by atoms with Gasteiger partial charge in [0.15, 0.2) is 0 Å². The minimum absolute atomic E-state index is 0.690. The van der Waals surface area contributed by atoms with E-state index in [1.165, 1.54) is 0 Å². The molecule has 0 fully saturated rings. The van der Waals surface area contributed by atoms with Gasteiger partial charge in [-0.05, 0) is 37.6 Å². The zero-order chi connectivity index (χ0) is 12.3. The normalized spacial score (nSPS) is 11.8. The summed E-state index contributed by atoms with van der Waals surface area (Å²) < 4.78 is 0. The predicted molar refractivity (Wildman–Crippen MR) is 73.8 cm³/mol. The number of aromatic nitrogens is 1. The molecule has 0 saturated carbocycles. The van der Waals surface area contributed by atoms with E-state index in [1.807, 2.05) is 31.2 Å². The number of rotatable bonds is 3. The van der Waals surface area contributed by atoms with Gasteiger partial charge in [-0.2, -0.15) is 5.10 Å². The summed E-state index contributed by atoms with van der Waals surface area (Å²) in [5.41, 5.74) is 5.93. The lowest BCUT2D eigenvalue weighted by atomic mass is 10.2. The second-order valence-corrected chi connectivity index (χ2v) is 4.27. The molecule has 0 aliphatic heterocycles. The van der Waals surface area contributed by atoms with Crippen molar-refractivity contribution < 1.29 is 0 Å². The molecule has 3 nitrogen and oxygen atoms in total. The Labute approximate surface area is 106 Å². The summed E-state index contributed by atoms with van der Waals surface area (Å²) in [4.78, 5) is 4.28. The van der Waals surface area contributed by atoms with Crippen LogP contribution in [0.3, 0.4) is 0 Å². The van der Waals surface area contributed by atoms with Gasteiger partial charge in [0.05, 0.1) is 11.2 Å². The summed E-state index contributed by atoms with van der Waals surface area (Å²) in [5, 5.41) is 6.00. The lowest BCUT2D eigenvalue weighted by Gasteiger charge is -2.06. The van der Waals surface area contributed by atoms with E-state index in [0.29, 0.717) is 5.02 Å². The first kappa shape index (κ1) is 11.9. The number of nitrogens with zero attached hydrogens (tertiary/aromatic N) is 2. The topological polar surface area (TPSA) is 37.3 Å². The van der Waals surface area contributed by atoms with Crippen molar-refractivity contribution in [1.29, 1.82) is 0 Å². The van der Waals surface area contributed by atoms with Crippen LogP contribution in [-0.2, 0) is 0 Å². The third-order valence-electron chi connectivity index (χ3n) is 2.58. The smallest absolute Gasteiger partial charge is 0.0738 e. The van der Waals surface area contributed by atoms with Gasteiger partial charge >= 0.3 is 0 Å². The maximum atomic E-state index is 5.93. The number of hydrogen-bond acceptors (Lipinski definition) is 3. The van der Waals surface area contributed by atoms with Gasteiger partial charge in [0, 0.05) is 22.3 Å². The van der Waals surface area contributed by atoms with Gasteiger partial charge in [-0.15, -0.1) is 0 Å². The van der Waals surface area contributed by atoms with Crippen LogP contribution in [-0.4, -0.2) is 10.7 Å². The predicted octanol–water partition coefficient (Wildman–Crippen LogP) is 4.09. The number of hydrogen-bond donors (Lipinski definition) is 1. The van der Waals surface area contributed by atoms with E-state index in [0.717, 1.165) is 28.7 Å². The molecular formula is C13H14ClN3. The monoisotopic (exact) mass is 247 g/mol. The van der Waals surface area contributed by atoms with Gasteiger partial charge in [0.25, 0.3) is 0 Å². The molecule has 1 aromatic heterocycles. The van der Waals surface area contributed by atoms with Gasteiger partial charge in [-0.25, -0.2) is 0 Å². The van der Waals surface area contributed by atoms with Crippen LogP contribution < -0.4 is 5.43 Å². The van der Waals surface area contributed by atoms with Crippen molar-refractivity contribution in [3.8, 4) is 0 Å². The van der Waals surface area contributed by atoms with Crippen LogP contribution >= 0.6 is 11.6 Å². The molecule has 0 radical (unpaired) electrons. The van der Waals surface area contributed by atoms with Crippen molar-refractivity contribution in [3.05, 3.63) is 35.5 Å². The van der Waals surface area contributed by atoms with Crippen molar-refractivity contribution in [1.82, 2.24) is 4.98 Å². The highest BCUT2D eigenvalue weighted by molar-refractivity contribution is 6.31. The Morgan fingerprint density at radius 1 is 1.41 bits per heavy atom. The second kappa shape index (κ2) is 5.15. The summed E-state index contributed by atoms with van der Waals surface area (Å²) in [6, 6.07) is 7.55. The van der Waals surface area contributed by atoms with Crippen LogP contribution in [0.25, 0.3) is 10.9 Å². The fraction of sp³-hybridized carbons (Fsp3) is 0.231. The van der Waals surface area contributed by atoms with E-state index in [1.54, 1.807) is 6.20 Å². The molecule has 0 saturated heterocycles. The van der Waals surface area contributed by atoms with Crippen LogP contribution in [0.15, 0.2) is 35.6 Å². The zero-order valence-electron chi connectivity index (χ0n) is 9.87. The Balaban J connectivity index is 2.41. The van der Waals surface area contributed by atoms with Gasteiger partial charge in [-0.1, -0.05) is 18.5 Å². The van der Waals surface area contributed by atoms with Crippen molar-refractivity contribution in [2.45, 2.75) is 20.3 Å². The number of benzene rings is 1. The Bertz CT molecular complexity index is 564. The maximum Gasteiger partial charge on any atom is 0.0738 e. The Morgan fingerprint density at radius 2 is 2.24 bits per heavy atom. The van der Waals surface area contributed by atoms with E-state index in [9.17, 15) is 0 Å². The average Bonchev–Trinajstić information content (AvgIpc) is 2.35. The molecule has 2 rings (SSSR count). The molecule has 17 heavy (non-hydrogen) atoms. The number of nitrogens with one attached hydrogen (secondary N) is 1. The second-order valence-electron chi connectivity index (χ2n) is 3.83. The molecule has 0 bridgehead atoms. The summed E-state index contributed by atoms with van der Waals surface area (Å²) in [5.74, 6) is 0. The molecule has 4 heteroatoms. The molecule has 1 N–H and O–H groups in total. The van der Waals surface area contributed by atoms with E-state index in [4.69, 9.17) is 11.6 Å². The quantitative estimate of drug-likeness (QED) is 0.655. The first-order valence-electron chi connectivity index (χ1n) is 5.54. The fourth-order valence-electron chi connectivity index (χ4n) is 1.45. The lowest BCUT2D eigenvalue weighted by molar-refractivity contribution is 1.21. The largest absolute Gasteiger partial charge is 0.278 e. The van der Waals surface area contributed by atoms with Gasteiger partial charge in [0.2, 0.25) is 0 Å². The molecule has 0 atom stereocenters. The average molecular weight is 248 g/mol. The fourth-order valence-corrected chi connectivity index (χ4v) is 1.62. The minimum atomic E-state index is 0.690. The van der Waals surface area contributed by atoms with Gasteiger partial charge in [-0.3, -0.25) is 10.4 Å². The number of anilines is 1. The summed E-state index contributed by atoms with van der Waals surface area (Å²) in [7, 11) is 0. The van der Waals surface area contributed by atoms with Crippen molar-refractivity contribution in [3.63, 3.8) is 0 Å². The summed E-state index contributed by atoms with van der Waals surface area (Å²) >= 11 is 5.93. The number of fused-ring (bicyclic) bond motifs is 1. The summed E-state index contributed by atoms with van der Waals surface area (Å²) in [6.45, 7) is 4.07. The first-order chi connectivity index (χ1) is 8.20. The molecular weight excluding hydrogens is 234 g/mol. The highest BCUT2D eigenvalue weighted by Crippen LogP contribution is 2.24. The molecule has 1 aromatic carbocycles. The third kappa shape index (κ3) is 2.74. The van der Waals surface area contributed by atoms with Crippen LogP contribution in [0.2, 0.25) is 5.02 Å². The minimum Gasteiger partial charge on any atom is -0.278 e. The van der Waals surface area contributed by atoms with Crippen LogP contribution in [0.5, 0.6) is 0 Å². The lowest BCUT2D eigenvalue weighted by Crippen LogP contribution is -1.96. The highest BCUT2D eigenvalue weighted by atomic mass is 35.5. The van der Waals surface area contributed by atoms with Crippen molar-refractivity contribution in [2.24, 2.45) is 5.10 Å². The molecule has 88 valence electrons. The van der Waals surface area contributed by atoms with Crippen molar-refractivity contribution in [2.75, 3.05) is 5.43 Å². The van der Waals surface area contributed by atoms with Crippen LogP contribution in [0.4, 0.5) is 5.69 Å². The maximum absolute atomic E-state index is 5.93. The molecule has 2 aromatic rings. The molecule has 0 unspecified atom stereocenters. The SMILES string of the molecule is CC/C(C)=N\Nc1ccnc2cc(Cl)ccc12. The molecule has 1 heterocycles. The molecule has 0 aliphatic rings. The molecule has 0 amide bonds. The van der Waals surface area contributed by atoms with E-state index in [-0.39, 0.29) is 0 Å². The molecule has 0 aliphatic carbocycles. The van der Waals surface area contributed by atoms with Crippen molar-refractivity contribution >= 4 is 33.9 Å². The first-order valence-corrected chi connectivity index (χ1v) is 5.92.